The van der Waals surface area contributed by atoms with Gasteiger partial charge in [-0.05, 0) is 49.8 Å². The normalized spacial score (nSPS) is 13.3. The van der Waals surface area contributed by atoms with Crippen LogP contribution >= 0.6 is 0 Å². The van der Waals surface area contributed by atoms with Crippen molar-refractivity contribution in [1.29, 1.82) is 0 Å². The maximum absolute atomic E-state index is 12.9. The van der Waals surface area contributed by atoms with Crippen molar-refractivity contribution >= 4 is 17.8 Å². The average molecular weight is 393 g/mol. The summed E-state index contributed by atoms with van der Waals surface area (Å²) in [5.41, 5.74) is 2.92. The van der Waals surface area contributed by atoms with Gasteiger partial charge in [0.15, 0.2) is 0 Å². The molecule has 1 N–H and O–H groups in total. The highest BCUT2D eigenvalue weighted by Gasteiger charge is 2.35. The van der Waals surface area contributed by atoms with Gasteiger partial charge in [0.25, 0.3) is 0 Å². The summed E-state index contributed by atoms with van der Waals surface area (Å²) >= 11 is 0. The lowest BCUT2D eigenvalue weighted by molar-refractivity contribution is -0.137. The highest BCUT2D eigenvalue weighted by atomic mass is 16.4. The molecule has 154 valence electrons. The number of unbranched alkanes of at least 4 members (excludes halogenated alkanes) is 3. The molecule has 0 bridgehead atoms. The minimum atomic E-state index is -0.742. The number of ketones is 1. The first-order valence-corrected chi connectivity index (χ1v) is 10.5. The second-order valence-electron chi connectivity index (χ2n) is 7.78. The van der Waals surface area contributed by atoms with Crippen molar-refractivity contribution in [2.75, 3.05) is 0 Å². The average Bonchev–Trinajstić information content (AvgIpc) is 2.70. The van der Waals surface area contributed by atoms with Gasteiger partial charge in [0.05, 0.1) is 5.41 Å². The molecule has 0 heterocycles. The van der Waals surface area contributed by atoms with E-state index in [9.17, 15) is 9.59 Å². The summed E-state index contributed by atoms with van der Waals surface area (Å²) in [6, 6.07) is 18.3. The number of carbonyl (C=O) groups excluding carboxylic acids is 1. The molecule has 2 aromatic rings. The van der Waals surface area contributed by atoms with E-state index in [1.165, 1.54) is 11.1 Å². The van der Waals surface area contributed by atoms with E-state index < -0.39 is 11.4 Å². The molecule has 0 aromatic heterocycles. The Morgan fingerprint density at radius 1 is 0.931 bits per heavy atom. The SMILES string of the molecule is CC(=O)C(CC=Cc1ccccc1C)(CCCCCCC(=O)O)c1ccccc1. The Labute approximate surface area is 174 Å². The van der Waals surface area contributed by atoms with Gasteiger partial charge < -0.3 is 5.11 Å². The fourth-order valence-corrected chi connectivity index (χ4v) is 3.86. The van der Waals surface area contributed by atoms with E-state index in [2.05, 4.69) is 31.2 Å². The summed E-state index contributed by atoms with van der Waals surface area (Å²) in [5.74, 6) is -0.558. The highest BCUT2D eigenvalue weighted by Crippen LogP contribution is 2.36. The van der Waals surface area contributed by atoms with Crippen molar-refractivity contribution in [2.24, 2.45) is 0 Å². The first kappa shape index (κ1) is 22.6. The zero-order valence-electron chi connectivity index (χ0n) is 17.6. The fraction of sp³-hybridized carbons (Fsp3) is 0.385. The molecule has 0 fully saturated rings. The van der Waals surface area contributed by atoms with Gasteiger partial charge >= 0.3 is 5.97 Å². The number of Topliss-reactive ketones (excluding diaryl/α,β-unsaturated/α-hetero) is 1. The van der Waals surface area contributed by atoms with Crippen LogP contribution in [0.4, 0.5) is 0 Å². The van der Waals surface area contributed by atoms with Crippen LogP contribution in [0, 0.1) is 6.92 Å². The molecule has 29 heavy (non-hydrogen) atoms. The molecule has 0 amide bonds. The number of carbonyl (C=O) groups is 2. The maximum atomic E-state index is 12.9. The third-order valence-electron chi connectivity index (χ3n) is 5.70. The van der Waals surface area contributed by atoms with Crippen LogP contribution in [0.1, 0.15) is 68.6 Å². The van der Waals surface area contributed by atoms with Crippen LogP contribution in [0.25, 0.3) is 6.08 Å². The monoisotopic (exact) mass is 392 g/mol. The summed E-state index contributed by atoms with van der Waals surface area (Å²) in [4.78, 5) is 23.5. The van der Waals surface area contributed by atoms with Crippen LogP contribution in [-0.2, 0) is 15.0 Å². The lowest BCUT2D eigenvalue weighted by Gasteiger charge is -2.31. The number of aryl methyl sites for hydroxylation is 1. The molecule has 3 nitrogen and oxygen atoms in total. The van der Waals surface area contributed by atoms with E-state index in [1.807, 2.05) is 42.5 Å². The predicted molar refractivity (Wildman–Crippen MR) is 119 cm³/mol. The minimum absolute atomic E-state index is 0.184. The molecule has 0 spiro atoms. The van der Waals surface area contributed by atoms with Crippen LogP contribution in [0.2, 0.25) is 0 Å². The van der Waals surface area contributed by atoms with Gasteiger partial charge in [-0.3, -0.25) is 9.59 Å². The van der Waals surface area contributed by atoms with Crippen molar-refractivity contribution in [2.45, 2.75) is 64.2 Å². The molecule has 2 rings (SSSR count). The predicted octanol–water partition coefficient (Wildman–Crippen LogP) is 6.35. The molecule has 1 atom stereocenters. The van der Waals surface area contributed by atoms with Crippen LogP contribution in [0.5, 0.6) is 0 Å². The molecule has 0 aliphatic heterocycles. The number of carboxylic acid groups (broad SMARTS) is 1. The van der Waals surface area contributed by atoms with E-state index in [-0.39, 0.29) is 12.2 Å². The Balaban J connectivity index is 2.14. The number of aliphatic carboxylic acids is 1. The van der Waals surface area contributed by atoms with Crippen LogP contribution < -0.4 is 0 Å². The first-order valence-electron chi connectivity index (χ1n) is 10.5. The van der Waals surface area contributed by atoms with Crippen molar-refractivity contribution in [3.05, 3.63) is 77.4 Å². The van der Waals surface area contributed by atoms with E-state index >= 15 is 0 Å². The lowest BCUT2D eigenvalue weighted by atomic mass is 9.70. The molecule has 0 aliphatic rings. The van der Waals surface area contributed by atoms with Crippen LogP contribution in [0.3, 0.4) is 0 Å². The Hall–Kier alpha value is -2.68. The molecule has 2 aromatic carbocycles. The summed E-state index contributed by atoms with van der Waals surface area (Å²) in [6.45, 7) is 3.78. The van der Waals surface area contributed by atoms with Crippen molar-refractivity contribution in [1.82, 2.24) is 0 Å². The lowest BCUT2D eigenvalue weighted by Crippen LogP contribution is -2.33. The van der Waals surface area contributed by atoms with Gasteiger partial charge in [-0.15, -0.1) is 0 Å². The van der Waals surface area contributed by atoms with Gasteiger partial charge in [-0.25, -0.2) is 0 Å². The third kappa shape index (κ3) is 6.70. The summed E-state index contributed by atoms with van der Waals surface area (Å²) in [6.07, 6.45) is 9.32. The number of hydrogen-bond acceptors (Lipinski definition) is 2. The standard InChI is InChI=1S/C26H32O3/c1-21-13-9-10-14-23(21)15-12-20-26(22(2)27,24-16-6-5-7-17-24)19-11-4-3-8-18-25(28)29/h5-7,9-10,12-17H,3-4,8,11,18-20H2,1-2H3,(H,28,29). The van der Waals surface area contributed by atoms with E-state index in [0.717, 1.165) is 31.2 Å². The summed E-state index contributed by atoms with van der Waals surface area (Å²) < 4.78 is 0. The molecule has 0 saturated carbocycles. The van der Waals surface area contributed by atoms with Crippen LogP contribution in [-0.4, -0.2) is 16.9 Å². The minimum Gasteiger partial charge on any atom is -0.481 e. The largest absolute Gasteiger partial charge is 0.481 e. The van der Waals surface area contributed by atoms with Crippen molar-refractivity contribution in [3.8, 4) is 0 Å². The third-order valence-corrected chi connectivity index (χ3v) is 5.70. The van der Waals surface area contributed by atoms with Gasteiger partial charge in [0.1, 0.15) is 5.78 Å². The molecule has 0 radical (unpaired) electrons. The second kappa shape index (κ2) is 11.4. The number of allylic oxidation sites excluding steroid dienone is 1. The fourth-order valence-electron chi connectivity index (χ4n) is 3.86. The van der Waals surface area contributed by atoms with Gasteiger partial charge in [-0.1, -0.05) is 86.0 Å². The maximum Gasteiger partial charge on any atom is 0.303 e. The van der Waals surface area contributed by atoms with E-state index in [4.69, 9.17) is 5.11 Å². The van der Waals surface area contributed by atoms with E-state index in [1.54, 1.807) is 6.92 Å². The summed E-state index contributed by atoms with van der Waals surface area (Å²) in [7, 11) is 0. The molecular weight excluding hydrogens is 360 g/mol. The number of hydrogen-bond donors (Lipinski definition) is 1. The molecule has 3 heteroatoms. The Bertz CT molecular complexity index is 823. The number of rotatable bonds is 12. The topological polar surface area (TPSA) is 54.4 Å². The zero-order valence-corrected chi connectivity index (χ0v) is 17.6. The Morgan fingerprint density at radius 2 is 1.59 bits per heavy atom. The molecular formula is C26H32O3. The molecule has 1 unspecified atom stereocenters. The smallest absolute Gasteiger partial charge is 0.303 e. The quantitative estimate of drug-likeness (QED) is 0.428. The number of carboxylic acids is 1. The Kier molecular flexibility index (Phi) is 8.85. The van der Waals surface area contributed by atoms with Crippen molar-refractivity contribution in [3.63, 3.8) is 0 Å². The summed E-state index contributed by atoms with van der Waals surface area (Å²) in [5, 5.41) is 8.78. The Morgan fingerprint density at radius 3 is 2.24 bits per heavy atom. The molecule has 0 aliphatic carbocycles. The number of benzene rings is 2. The van der Waals surface area contributed by atoms with Gasteiger partial charge in [0.2, 0.25) is 0 Å². The van der Waals surface area contributed by atoms with Gasteiger partial charge in [-0.2, -0.15) is 0 Å². The first-order chi connectivity index (χ1) is 14.0. The zero-order chi connectivity index (χ0) is 21.1. The van der Waals surface area contributed by atoms with Crippen molar-refractivity contribution < 1.29 is 14.7 Å². The highest BCUT2D eigenvalue weighted by molar-refractivity contribution is 5.88. The van der Waals surface area contributed by atoms with E-state index in [0.29, 0.717) is 12.8 Å². The second-order valence-corrected chi connectivity index (χ2v) is 7.78. The van der Waals surface area contributed by atoms with Gasteiger partial charge in [0, 0.05) is 6.42 Å². The van der Waals surface area contributed by atoms with Crippen LogP contribution in [0.15, 0.2) is 60.7 Å². The molecule has 0 saturated heterocycles.